The summed E-state index contributed by atoms with van der Waals surface area (Å²) in [6.45, 7) is 5.46. The number of fused-ring (bicyclic) bond motifs is 6. The Balaban J connectivity index is 1.50. The SMILES string of the molecule is CCO[C@@]12C[C@@H]1C[C@H]1[C@@H]3CCC4=CC(=O)CCC4=C3[C@@H](c3ccc(C=O)cc3)C[C@@]12C. The summed E-state index contributed by atoms with van der Waals surface area (Å²) in [7, 11) is 0. The number of carbonyl (C=O) groups is 2. The van der Waals surface area contributed by atoms with Crippen LogP contribution in [0, 0.1) is 23.2 Å². The Morgan fingerprint density at radius 1 is 1.13 bits per heavy atom. The van der Waals surface area contributed by atoms with Crippen LogP contribution in [0.4, 0.5) is 0 Å². The maximum absolute atomic E-state index is 12.1. The molecule has 31 heavy (non-hydrogen) atoms. The first-order valence-electron chi connectivity index (χ1n) is 12.2. The highest BCUT2D eigenvalue weighted by Gasteiger charge is 2.75. The van der Waals surface area contributed by atoms with E-state index in [1.807, 2.05) is 18.2 Å². The predicted molar refractivity (Wildman–Crippen MR) is 120 cm³/mol. The molecule has 6 rings (SSSR count). The molecule has 0 N–H and O–H groups in total. The summed E-state index contributed by atoms with van der Waals surface area (Å²) in [6, 6.07) is 8.27. The van der Waals surface area contributed by atoms with Crippen LogP contribution in [-0.2, 0) is 9.53 Å². The Hall–Kier alpha value is -2.00. The summed E-state index contributed by atoms with van der Waals surface area (Å²) in [5, 5.41) is 0. The van der Waals surface area contributed by atoms with E-state index in [-0.39, 0.29) is 11.0 Å². The number of rotatable bonds is 4. The van der Waals surface area contributed by atoms with Crippen LogP contribution in [0.2, 0.25) is 0 Å². The number of benzene rings is 1. The highest BCUT2D eigenvalue weighted by Crippen LogP contribution is 2.77. The Bertz CT molecular complexity index is 1020. The first-order chi connectivity index (χ1) is 15.0. The molecule has 3 fully saturated rings. The number of ether oxygens (including phenoxy) is 1. The van der Waals surface area contributed by atoms with Gasteiger partial charge in [0.25, 0.3) is 0 Å². The molecule has 1 aromatic rings. The largest absolute Gasteiger partial charge is 0.374 e. The normalized spacial score (nSPS) is 40.5. The molecule has 3 nitrogen and oxygen atoms in total. The van der Waals surface area contributed by atoms with E-state index >= 15 is 0 Å². The van der Waals surface area contributed by atoms with Crippen molar-refractivity contribution in [1.82, 2.24) is 0 Å². The number of hydrogen-bond donors (Lipinski definition) is 0. The highest BCUT2D eigenvalue weighted by molar-refractivity contribution is 5.93. The lowest BCUT2D eigenvalue weighted by Crippen LogP contribution is -2.48. The molecule has 5 aliphatic carbocycles. The van der Waals surface area contributed by atoms with E-state index in [0.717, 1.165) is 50.1 Å². The third kappa shape index (κ3) is 2.62. The summed E-state index contributed by atoms with van der Waals surface area (Å²) in [4.78, 5) is 23.4. The van der Waals surface area contributed by atoms with Gasteiger partial charge in [0.2, 0.25) is 0 Å². The minimum absolute atomic E-state index is 0.0717. The quantitative estimate of drug-likeness (QED) is 0.582. The van der Waals surface area contributed by atoms with Crippen molar-refractivity contribution in [1.29, 1.82) is 0 Å². The Labute approximate surface area is 184 Å². The van der Waals surface area contributed by atoms with E-state index in [9.17, 15) is 9.59 Å². The lowest BCUT2D eigenvalue weighted by Gasteiger charge is -2.54. The van der Waals surface area contributed by atoms with Gasteiger partial charge in [-0.05, 0) is 86.0 Å². The van der Waals surface area contributed by atoms with Crippen LogP contribution in [0.3, 0.4) is 0 Å². The van der Waals surface area contributed by atoms with Gasteiger partial charge in [0, 0.05) is 29.9 Å². The third-order valence-electron chi connectivity index (χ3n) is 9.56. The van der Waals surface area contributed by atoms with Gasteiger partial charge < -0.3 is 4.74 Å². The van der Waals surface area contributed by atoms with Crippen LogP contribution in [-0.4, -0.2) is 24.3 Å². The molecule has 0 bridgehead atoms. The van der Waals surface area contributed by atoms with Gasteiger partial charge >= 0.3 is 0 Å². The minimum Gasteiger partial charge on any atom is -0.374 e. The van der Waals surface area contributed by atoms with Crippen LogP contribution in [0.25, 0.3) is 0 Å². The molecule has 0 spiro atoms. The summed E-state index contributed by atoms with van der Waals surface area (Å²) in [5.74, 6) is 2.65. The second kappa shape index (κ2) is 6.75. The number of aldehydes is 1. The van der Waals surface area contributed by atoms with Gasteiger partial charge in [-0.25, -0.2) is 0 Å². The average Bonchev–Trinajstić information content (AvgIpc) is 3.43. The van der Waals surface area contributed by atoms with E-state index in [1.54, 1.807) is 5.57 Å². The minimum atomic E-state index is 0.0717. The smallest absolute Gasteiger partial charge is 0.156 e. The summed E-state index contributed by atoms with van der Waals surface area (Å²) >= 11 is 0. The monoisotopic (exact) mass is 416 g/mol. The highest BCUT2D eigenvalue weighted by atomic mass is 16.5. The van der Waals surface area contributed by atoms with E-state index in [1.165, 1.54) is 29.6 Å². The Morgan fingerprint density at radius 2 is 1.94 bits per heavy atom. The van der Waals surface area contributed by atoms with Crippen LogP contribution >= 0.6 is 0 Å². The van der Waals surface area contributed by atoms with Gasteiger partial charge in [-0.2, -0.15) is 0 Å². The van der Waals surface area contributed by atoms with Gasteiger partial charge in [0.05, 0.1) is 5.60 Å². The molecule has 0 aromatic heterocycles. The van der Waals surface area contributed by atoms with E-state index in [2.05, 4.69) is 26.0 Å². The van der Waals surface area contributed by atoms with Gasteiger partial charge in [0.15, 0.2) is 5.78 Å². The Kier molecular flexibility index (Phi) is 4.28. The maximum Gasteiger partial charge on any atom is 0.156 e. The van der Waals surface area contributed by atoms with Crippen molar-refractivity contribution in [2.75, 3.05) is 6.61 Å². The Morgan fingerprint density at radius 3 is 2.68 bits per heavy atom. The molecular formula is C28H32O3. The van der Waals surface area contributed by atoms with Crippen molar-refractivity contribution in [2.45, 2.75) is 70.3 Å². The van der Waals surface area contributed by atoms with E-state index < -0.39 is 0 Å². The number of ketones is 1. The molecule has 0 heterocycles. The zero-order valence-corrected chi connectivity index (χ0v) is 18.7. The van der Waals surface area contributed by atoms with Crippen LogP contribution < -0.4 is 0 Å². The standard InChI is InChI=1S/C28H32O3/c1-3-31-28-14-20(28)13-25-23-10-8-19-12-21(30)9-11-22(19)26(23)24(15-27(25,28)2)18-6-4-17(16-29)5-7-18/h4-7,12,16,20,23-25H,3,8-11,13-15H2,1-2H3/t20-,23-,24+,25-,27-,28-/m0/s1. The third-order valence-corrected chi connectivity index (χ3v) is 9.56. The van der Waals surface area contributed by atoms with Crippen LogP contribution in [0.5, 0.6) is 0 Å². The summed E-state index contributed by atoms with van der Waals surface area (Å²) < 4.78 is 6.54. The van der Waals surface area contributed by atoms with Gasteiger partial charge in [-0.15, -0.1) is 0 Å². The van der Waals surface area contributed by atoms with Crippen molar-refractivity contribution < 1.29 is 14.3 Å². The van der Waals surface area contributed by atoms with Crippen molar-refractivity contribution in [3.05, 3.63) is 58.2 Å². The van der Waals surface area contributed by atoms with Crippen molar-refractivity contribution in [2.24, 2.45) is 23.2 Å². The molecule has 0 aliphatic heterocycles. The topological polar surface area (TPSA) is 43.4 Å². The summed E-state index contributed by atoms with van der Waals surface area (Å²) in [6.07, 6.45) is 10.3. The van der Waals surface area contributed by atoms with Crippen LogP contribution in [0.1, 0.15) is 80.6 Å². The molecular weight excluding hydrogens is 384 g/mol. The molecule has 3 heteroatoms. The predicted octanol–water partition coefficient (Wildman–Crippen LogP) is 5.80. The lowest BCUT2D eigenvalue weighted by atomic mass is 9.51. The molecule has 162 valence electrons. The second-order valence-electron chi connectivity index (χ2n) is 10.7. The number of hydrogen-bond acceptors (Lipinski definition) is 3. The van der Waals surface area contributed by atoms with Crippen molar-refractivity contribution >= 4 is 12.1 Å². The molecule has 0 radical (unpaired) electrons. The molecule has 6 atom stereocenters. The molecule has 0 unspecified atom stereocenters. The zero-order chi connectivity index (χ0) is 21.4. The molecule has 3 saturated carbocycles. The van der Waals surface area contributed by atoms with Gasteiger partial charge in [-0.3, -0.25) is 9.59 Å². The molecule has 1 aromatic carbocycles. The van der Waals surface area contributed by atoms with Crippen LogP contribution in [0.15, 0.2) is 47.1 Å². The molecule has 0 saturated heterocycles. The second-order valence-corrected chi connectivity index (χ2v) is 10.7. The van der Waals surface area contributed by atoms with Gasteiger partial charge in [0.1, 0.15) is 6.29 Å². The van der Waals surface area contributed by atoms with Gasteiger partial charge in [-0.1, -0.05) is 36.8 Å². The lowest BCUT2D eigenvalue weighted by molar-refractivity contribution is -0.114. The fourth-order valence-electron chi connectivity index (χ4n) is 8.22. The zero-order valence-electron chi connectivity index (χ0n) is 18.7. The molecule has 5 aliphatic rings. The average molecular weight is 417 g/mol. The van der Waals surface area contributed by atoms with E-state index in [4.69, 9.17) is 4.74 Å². The number of carbonyl (C=O) groups excluding carboxylic acids is 2. The fraction of sp³-hybridized carbons (Fsp3) is 0.571. The van der Waals surface area contributed by atoms with Crippen molar-refractivity contribution in [3.63, 3.8) is 0 Å². The van der Waals surface area contributed by atoms with E-state index in [0.29, 0.717) is 30.0 Å². The van der Waals surface area contributed by atoms with Crippen molar-refractivity contribution in [3.8, 4) is 0 Å². The fourth-order valence-corrected chi connectivity index (χ4v) is 8.22. The first-order valence-corrected chi connectivity index (χ1v) is 12.2. The summed E-state index contributed by atoms with van der Waals surface area (Å²) in [5.41, 5.74) is 6.76. The maximum atomic E-state index is 12.1. The number of allylic oxidation sites excluding steroid dienone is 4. The molecule has 0 amide bonds. The first kappa shape index (κ1) is 19.7.